The normalized spacial score (nSPS) is 14.7. The molecule has 4 rings (SSSR count). The fourth-order valence-corrected chi connectivity index (χ4v) is 3.93. The second-order valence-corrected chi connectivity index (χ2v) is 8.58. The van der Waals surface area contributed by atoms with E-state index in [1.54, 1.807) is 18.3 Å². The van der Waals surface area contributed by atoms with Crippen molar-refractivity contribution in [1.29, 1.82) is 0 Å². The predicted octanol–water partition coefficient (Wildman–Crippen LogP) is 2.68. The lowest BCUT2D eigenvalue weighted by atomic mass is 10.1. The Morgan fingerprint density at radius 2 is 1.91 bits per heavy atom. The Hall–Kier alpha value is -3.90. The van der Waals surface area contributed by atoms with E-state index in [4.69, 9.17) is 5.73 Å². The first-order chi connectivity index (χ1) is 17.0. The van der Waals surface area contributed by atoms with Crippen molar-refractivity contribution in [2.45, 2.75) is 32.7 Å². The maximum Gasteiger partial charge on any atom is 0.206 e. The molecular formula is C26H32N8O. The Morgan fingerprint density at radius 3 is 2.74 bits per heavy atom. The van der Waals surface area contributed by atoms with Gasteiger partial charge in [0, 0.05) is 44.0 Å². The zero-order chi connectivity index (χ0) is 24.6. The number of nitrogens with two attached hydrogens (primary N) is 1. The highest BCUT2D eigenvalue weighted by Gasteiger charge is 2.20. The van der Waals surface area contributed by atoms with Crippen LogP contribution >= 0.6 is 0 Å². The SMILES string of the molecule is CC[C@@H](C)NCC#Cc1nccc(N2CCCN(c3cc(-c4ccccc4O)nnc3N)CC2)n1. The summed E-state index contributed by atoms with van der Waals surface area (Å²) in [5, 5.41) is 21.9. The summed E-state index contributed by atoms with van der Waals surface area (Å²) in [7, 11) is 0. The van der Waals surface area contributed by atoms with E-state index in [-0.39, 0.29) is 5.75 Å². The van der Waals surface area contributed by atoms with Crippen LogP contribution < -0.4 is 20.9 Å². The summed E-state index contributed by atoms with van der Waals surface area (Å²) in [6.45, 7) is 8.11. The smallest absolute Gasteiger partial charge is 0.206 e. The van der Waals surface area contributed by atoms with E-state index in [1.807, 2.05) is 24.3 Å². The van der Waals surface area contributed by atoms with Crippen molar-refractivity contribution >= 4 is 17.3 Å². The maximum absolute atomic E-state index is 10.2. The molecule has 1 aliphatic heterocycles. The van der Waals surface area contributed by atoms with Gasteiger partial charge >= 0.3 is 0 Å². The predicted molar refractivity (Wildman–Crippen MR) is 139 cm³/mol. The number of rotatable bonds is 6. The van der Waals surface area contributed by atoms with Gasteiger partial charge in [0.05, 0.1) is 17.9 Å². The summed E-state index contributed by atoms with van der Waals surface area (Å²) in [6.07, 6.45) is 3.76. The minimum Gasteiger partial charge on any atom is -0.507 e. The fraction of sp³-hybridized carbons (Fsp3) is 0.385. The number of para-hydroxylation sites is 1. The second kappa shape index (κ2) is 11.5. The lowest BCUT2D eigenvalue weighted by Crippen LogP contribution is -2.31. The first-order valence-electron chi connectivity index (χ1n) is 12.0. The molecule has 0 unspecified atom stereocenters. The van der Waals surface area contributed by atoms with Crippen LogP contribution in [0.5, 0.6) is 5.75 Å². The van der Waals surface area contributed by atoms with E-state index in [0.29, 0.717) is 35.5 Å². The number of aromatic hydroxyl groups is 1. The first-order valence-corrected chi connectivity index (χ1v) is 12.0. The molecule has 2 aromatic heterocycles. The summed E-state index contributed by atoms with van der Waals surface area (Å²) in [4.78, 5) is 13.5. The van der Waals surface area contributed by atoms with Crippen LogP contribution in [0.2, 0.25) is 0 Å². The number of nitrogens with one attached hydrogen (secondary N) is 1. The van der Waals surface area contributed by atoms with Gasteiger partial charge in [-0.2, -0.15) is 0 Å². The number of phenols is 1. The Kier molecular flexibility index (Phi) is 7.95. The Bertz CT molecular complexity index is 1210. The van der Waals surface area contributed by atoms with Crippen LogP contribution in [0.25, 0.3) is 11.3 Å². The number of aromatic nitrogens is 4. The third kappa shape index (κ3) is 6.16. The molecule has 0 spiro atoms. The molecule has 1 fully saturated rings. The third-order valence-electron chi connectivity index (χ3n) is 6.13. The number of hydrogen-bond donors (Lipinski definition) is 3. The third-order valence-corrected chi connectivity index (χ3v) is 6.13. The summed E-state index contributed by atoms with van der Waals surface area (Å²) in [5.74, 6) is 8.12. The average Bonchev–Trinajstić information content (AvgIpc) is 3.14. The highest BCUT2D eigenvalue weighted by Crippen LogP contribution is 2.31. The van der Waals surface area contributed by atoms with Gasteiger partial charge in [0.25, 0.3) is 0 Å². The molecule has 0 radical (unpaired) electrons. The molecule has 9 nitrogen and oxygen atoms in total. The molecule has 0 aliphatic carbocycles. The lowest BCUT2D eigenvalue weighted by Gasteiger charge is -2.25. The molecule has 35 heavy (non-hydrogen) atoms. The van der Waals surface area contributed by atoms with Crippen molar-refractivity contribution in [3.05, 3.63) is 48.4 Å². The Labute approximate surface area is 206 Å². The van der Waals surface area contributed by atoms with Gasteiger partial charge in [-0.05, 0) is 50.0 Å². The minimum atomic E-state index is 0.165. The van der Waals surface area contributed by atoms with Crippen molar-refractivity contribution in [2.75, 3.05) is 48.3 Å². The molecule has 1 aliphatic rings. The molecule has 0 bridgehead atoms. The lowest BCUT2D eigenvalue weighted by molar-refractivity contribution is 0.477. The average molecular weight is 473 g/mol. The zero-order valence-electron chi connectivity index (χ0n) is 20.3. The number of benzene rings is 1. The molecule has 3 aromatic rings. The van der Waals surface area contributed by atoms with Gasteiger partial charge in [-0.15, -0.1) is 10.2 Å². The van der Waals surface area contributed by atoms with Crippen molar-refractivity contribution in [2.24, 2.45) is 0 Å². The molecule has 3 heterocycles. The van der Waals surface area contributed by atoms with Gasteiger partial charge in [-0.1, -0.05) is 25.0 Å². The maximum atomic E-state index is 10.2. The summed E-state index contributed by atoms with van der Waals surface area (Å²) >= 11 is 0. The van der Waals surface area contributed by atoms with Crippen LogP contribution in [0.3, 0.4) is 0 Å². The highest BCUT2D eigenvalue weighted by atomic mass is 16.3. The monoisotopic (exact) mass is 472 g/mol. The van der Waals surface area contributed by atoms with Gasteiger partial charge in [0.15, 0.2) is 5.82 Å². The topological polar surface area (TPSA) is 116 Å². The molecule has 1 aromatic carbocycles. The Morgan fingerprint density at radius 1 is 1.11 bits per heavy atom. The van der Waals surface area contributed by atoms with Crippen molar-refractivity contribution in [1.82, 2.24) is 25.5 Å². The number of nitrogen functional groups attached to an aromatic ring is 1. The van der Waals surface area contributed by atoms with E-state index in [9.17, 15) is 5.11 Å². The standard InChI is InChI=1S/C26H32N8O/c1-3-19(2)28-12-6-10-24-29-13-11-25(30-24)34-15-7-14-33(16-17-34)22-18-21(31-32-26(22)27)20-8-4-5-9-23(20)35/h4-5,8-9,11,13,18-19,28,35H,3,7,12,14-17H2,1-2H3,(H2,27,32)/t19-/m1/s1. The van der Waals surface area contributed by atoms with Gasteiger partial charge < -0.3 is 26.0 Å². The van der Waals surface area contributed by atoms with E-state index in [2.05, 4.69) is 61.0 Å². The minimum absolute atomic E-state index is 0.165. The Balaban J connectivity index is 1.45. The van der Waals surface area contributed by atoms with Crippen molar-refractivity contribution < 1.29 is 5.11 Å². The molecule has 0 saturated carbocycles. The fourth-order valence-electron chi connectivity index (χ4n) is 3.93. The van der Waals surface area contributed by atoms with Crippen LogP contribution in [-0.2, 0) is 0 Å². The number of phenolic OH excluding ortho intramolecular Hbond substituents is 1. The highest BCUT2D eigenvalue weighted by molar-refractivity contribution is 5.74. The molecule has 0 amide bonds. The van der Waals surface area contributed by atoms with Crippen LogP contribution in [0.4, 0.5) is 17.3 Å². The molecule has 9 heteroatoms. The largest absolute Gasteiger partial charge is 0.507 e. The van der Waals surface area contributed by atoms with E-state index in [0.717, 1.165) is 50.5 Å². The molecule has 1 saturated heterocycles. The van der Waals surface area contributed by atoms with Crippen LogP contribution in [-0.4, -0.2) is 64.0 Å². The second-order valence-electron chi connectivity index (χ2n) is 8.58. The van der Waals surface area contributed by atoms with Crippen molar-refractivity contribution in [3.63, 3.8) is 0 Å². The van der Waals surface area contributed by atoms with Gasteiger partial charge in [0.2, 0.25) is 5.82 Å². The van der Waals surface area contributed by atoms with Gasteiger partial charge in [-0.3, -0.25) is 0 Å². The first kappa shape index (κ1) is 24.2. The van der Waals surface area contributed by atoms with E-state index < -0.39 is 0 Å². The summed E-state index contributed by atoms with van der Waals surface area (Å²) in [6, 6.07) is 11.4. The van der Waals surface area contributed by atoms with E-state index in [1.165, 1.54) is 0 Å². The molecule has 4 N–H and O–H groups in total. The number of nitrogens with zero attached hydrogens (tertiary/aromatic N) is 6. The summed E-state index contributed by atoms with van der Waals surface area (Å²) in [5.41, 5.74) is 8.25. The van der Waals surface area contributed by atoms with Crippen molar-refractivity contribution in [3.8, 4) is 28.8 Å². The zero-order valence-corrected chi connectivity index (χ0v) is 20.3. The summed E-state index contributed by atoms with van der Waals surface area (Å²) < 4.78 is 0. The quantitative estimate of drug-likeness (QED) is 0.466. The van der Waals surface area contributed by atoms with Crippen LogP contribution in [0, 0.1) is 11.8 Å². The molecule has 1 atom stereocenters. The van der Waals surface area contributed by atoms with Gasteiger partial charge in [-0.25, -0.2) is 9.97 Å². The van der Waals surface area contributed by atoms with Crippen LogP contribution in [0.1, 0.15) is 32.5 Å². The number of hydrogen-bond acceptors (Lipinski definition) is 9. The molecule has 182 valence electrons. The van der Waals surface area contributed by atoms with E-state index >= 15 is 0 Å². The van der Waals surface area contributed by atoms with Crippen LogP contribution in [0.15, 0.2) is 42.6 Å². The number of anilines is 3. The molecular weight excluding hydrogens is 440 g/mol. The van der Waals surface area contributed by atoms with Gasteiger partial charge in [0.1, 0.15) is 11.6 Å².